The third-order valence-electron chi connectivity index (χ3n) is 2.71. The molecule has 2 rings (SSSR count). The summed E-state index contributed by atoms with van der Waals surface area (Å²) in [6.45, 7) is 3.03. The first-order valence-corrected chi connectivity index (χ1v) is 7.07. The van der Waals surface area contributed by atoms with Crippen molar-refractivity contribution in [2.75, 3.05) is 28.7 Å². The second-order valence-corrected chi connectivity index (χ2v) is 5.25. The molecular formula is C12H19N3S. The molecular weight excluding hydrogens is 218 g/mol. The summed E-state index contributed by atoms with van der Waals surface area (Å²) in [5, 5.41) is 6.84. The zero-order chi connectivity index (χ0) is 11.2. The van der Waals surface area contributed by atoms with E-state index in [-0.39, 0.29) is 0 Å². The van der Waals surface area contributed by atoms with Gasteiger partial charge in [-0.05, 0) is 37.3 Å². The lowest BCUT2D eigenvalue weighted by atomic mass is 10.1. The standard InChI is InChI=1S/C12H19N3S/c1-2-14-11-7-12(9-13-8-11)15-10-3-5-16-6-4-10/h7-10,14-15H,2-6H2,1H3. The smallest absolute Gasteiger partial charge is 0.0549 e. The van der Waals surface area contributed by atoms with Gasteiger partial charge < -0.3 is 10.6 Å². The van der Waals surface area contributed by atoms with Gasteiger partial charge in [-0.1, -0.05) is 0 Å². The molecule has 1 saturated heterocycles. The Bertz CT molecular complexity index is 324. The molecule has 0 amide bonds. The number of anilines is 2. The van der Waals surface area contributed by atoms with Crippen LogP contribution in [0.25, 0.3) is 0 Å². The summed E-state index contributed by atoms with van der Waals surface area (Å²) in [4.78, 5) is 4.24. The lowest BCUT2D eigenvalue weighted by molar-refractivity contribution is 0.666. The van der Waals surface area contributed by atoms with Gasteiger partial charge in [-0.15, -0.1) is 0 Å². The monoisotopic (exact) mass is 237 g/mol. The number of thioether (sulfide) groups is 1. The minimum atomic E-state index is 0.625. The highest BCUT2D eigenvalue weighted by Gasteiger charge is 2.13. The molecule has 1 aromatic heterocycles. The predicted octanol–water partition coefficient (Wildman–Crippen LogP) is 2.82. The third kappa shape index (κ3) is 3.30. The number of pyridine rings is 1. The highest BCUT2D eigenvalue weighted by Crippen LogP contribution is 2.21. The molecule has 0 atom stereocenters. The van der Waals surface area contributed by atoms with Crippen LogP contribution in [0.4, 0.5) is 11.4 Å². The quantitative estimate of drug-likeness (QED) is 0.844. The van der Waals surface area contributed by atoms with Crippen LogP contribution in [0.3, 0.4) is 0 Å². The number of hydrogen-bond donors (Lipinski definition) is 2. The number of hydrogen-bond acceptors (Lipinski definition) is 4. The summed E-state index contributed by atoms with van der Waals surface area (Å²) >= 11 is 2.05. The molecule has 3 nitrogen and oxygen atoms in total. The predicted molar refractivity (Wildman–Crippen MR) is 72.4 cm³/mol. The molecule has 0 aromatic carbocycles. The van der Waals surface area contributed by atoms with E-state index in [1.807, 2.05) is 12.4 Å². The summed E-state index contributed by atoms with van der Waals surface area (Å²) in [6, 6.07) is 2.76. The fraction of sp³-hybridized carbons (Fsp3) is 0.583. The van der Waals surface area contributed by atoms with Gasteiger partial charge in [0.1, 0.15) is 0 Å². The minimum Gasteiger partial charge on any atom is -0.384 e. The van der Waals surface area contributed by atoms with Crippen LogP contribution >= 0.6 is 11.8 Å². The van der Waals surface area contributed by atoms with E-state index in [0.29, 0.717) is 6.04 Å². The number of rotatable bonds is 4. The molecule has 2 heterocycles. The van der Waals surface area contributed by atoms with Crippen molar-refractivity contribution in [1.29, 1.82) is 0 Å². The second-order valence-electron chi connectivity index (χ2n) is 4.02. The Kier molecular flexibility index (Phi) is 4.34. The Morgan fingerprint density at radius 1 is 1.31 bits per heavy atom. The van der Waals surface area contributed by atoms with Crippen LogP contribution in [0.15, 0.2) is 18.5 Å². The van der Waals surface area contributed by atoms with Crippen molar-refractivity contribution in [2.24, 2.45) is 0 Å². The van der Waals surface area contributed by atoms with Crippen molar-refractivity contribution < 1.29 is 0 Å². The normalized spacial score (nSPS) is 17.1. The fourth-order valence-electron chi connectivity index (χ4n) is 1.90. The van der Waals surface area contributed by atoms with Crippen molar-refractivity contribution in [3.8, 4) is 0 Å². The molecule has 0 aliphatic carbocycles. The van der Waals surface area contributed by atoms with Crippen molar-refractivity contribution in [3.05, 3.63) is 18.5 Å². The van der Waals surface area contributed by atoms with Crippen LogP contribution in [-0.2, 0) is 0 Å². The van der Waals surface area contributed by atoms with E-state index >= 15 is 0 Å². The maximum atomic E-state index is 4.24. The van der Waals surface area contributed by atoms with Gasteiger partial charge in [0.15, 0.2) is 0 Å². The first-order chi connectivity index (χ1) is 7.88. The van der Waals surface area contributed by atoms with E-state index in [9.17, 15) is 0 Å². The molecule has 0 bridgehead atoms. The highest BCUT2D eigenvalue weighted by atomic mass is 32.2. The minimum absolute atomic E-state index is 0.625. The van der Waals surface area contributed by atoms with Gasteiger partial charge >= 0.3 is 0 Å². The van der Waals surface area contributed by atoms with Gasteiger partial charge in [0, 0.05) is 12.6 Å². The lowest BCUT2D eigenvalue weighted by Gasteiger charge is -2.23. The van der Waals surface area contributed by atoms with E-state index < -0.39 is 0 Å². The molecule has 1 aromatic rings. The molecule has 0 spiro atoms. The van der Waals surface area contributed by atoms with Gasteiger partial charge in [-0.2, -0.15) is 11.8 Å². The third-order valence-corrected chi connectivity index (χ3v) is 3.76. The summed E-state index contributed by atoms with van der Waals surface area (Å²) < 4.78 is 0. The van der Waals surface area contributed by atoms with Crippen LogP contribution in [0.1, 0.15) is 19.8 Å². The Morgan fingerprint density at radius 2 is 2.06 bits per heavy atom. The zero-order valence-corrected chi connectivity index (χ0v) is 10.5. The van der Waals surface area contributed by atoms with Gasteiger partial charge in [0.25, 0.3) is 0 Å². The first kappa shape index (κ1) is 11.6. The zero-order valence-electron chi connectivity index (χ0n) is 9.70. The summed E-state index contributed by atoms with van der Waals surface area (Å²) in [5.41, 5.74) is 2.23. The first-order valence-electron chi connectivity index (χ1n) is 5.91. The van der Waals surface area contributed by atoms with E-state index in [4.69, 9.17) is 0 Å². The molecule has 1 aliphatic heterocycles. The van der Waals surface area contributed by atoms with E-state index in [1.165, 1.54) is 24.3 Å². The molecule has 16 heavy (non-hydrogen) atoms. The van der Waals surface area contributed by atoms with E-state index in [1.54, 1.807) is 0 Å². The summed E-state index contributed by atoms with van der Waals surface area (Å²) in [7, 11) is 0. The molecule has 0 saturated carbocycles. The molecule has 88 valence electrons. The van der Waals surface area contributed by atoms with E-state index in [2.05, 4.69) is 40.4 Å². The molecule has 2 N–H and O–H groups in total. The average molecular weight is 237 g/mol. The van der Waals surface area contributed by atoms with Crippen molar-refractivity contribution in [1.82, 2.24) is 4.98 Å². The maximum absolute atomic E-state index is 4.24. The maximum Gasteiger partial charge on any atom is 0.0549 e. The SMILES string of the molecule is CCNc1cncc(NC2CCSCC2)c1. The Balaban J connectivity index is 1.94. The highest BCUT2D eigenvalue weighted by molar-refractivity contribution is 7.99. The van der Waals surface area contributed by atoms with Crippen LogP contribution in [0, 0.1) is 0 Å². The lowest BCUT2D eigenvalue weighted by Crippen LogP contribution is -2.24. The largest absolute Gasteiger partial charge is 0.384 e. The Morgan fingerprint density at radius 3 is 2.81 bits per heavy atom. The molecule has 1 aliphatic rings. The van der Waals surface area contributed by atoms with Crippen molar-refractivity contribution >= 4 is 23.1 Å². The molecule has 1 fully saturated rings. The van der Waals surface area contributed by atoms with Gasteiger partial charge in [0.05, 0.1) is 23.8 Å². The topological polar surface area (TPSA) is 37.0 Å². The van der Waals surface area contributed by atoms with Crippen molar-refractivity contribution in [3.63, 3.8) is 0 Å². The van der Waals surface area contributed by atoms with Crippen LogP contribution in [0.2, 0.25) is 0 Å². The molecule has 4 heteroatoms. The van der Waals surface area contributed by atoms with Gasteiger partial charge in [-0.25, -0.2) is 0 Å². The van der Waals surface area contributed by atoms with Crippen molar-refractivity contribution in [2.45, 2.75) is 25.8 Å². The second kappa shape index (κ2) is 5.99. The summed E-state index contributed by atoms with van der Waals surface area (Å²) in [5.74, 6) is 2.55. The number of nitrogens with one attached hydrogen (secondary N) is 2. The molecule has 0 radical (unpaired) electrons. The number of nitrogens with zero attached hydrogens (tertiary/aromatic N) is 1. The van der Waals surface area contributed by atoms with Gasteiger partial charge in [0.2, 0.25) is 0 Å². The average Bonchev–Trinajstić information content (AvgIpc) is 2.31. The van der Waals surface area contributed by atoms with Gasteiger partial charge in [-0.3, -0.25) is 4.98 Å². The summed E-state index contributed by atoms with van der Waals surface area (Å²) in [6.07, 6.45) is 6.29. The van der Waals surface area contributed by atoms with Crippen LogP contribution in [0.5, 0.6) is 0 Å². The number of aromatic nitrogens is 1. The van der Waals surface area contributed by atoms with E-state index in [0.717, 1.165) is 17.9 Å². The fourth-order valence-corrected chi connectivity index (χ4v) is 3.00. The Hall–Kier alpha value is -0.900. The molecule has 0 unspecified atom stereocenters. The Labute approximate surface area is 101 Å². The van der Waals surface area contributed by atoms with Crippen LogP contribution in [-0.4, -0.2) is 29.1 Å². The van der Waals surface area contributed by atoms with Crippen LogP contribution < -0.4 is 10.6 Å².